The molecule has 0 unspecified atom stereocenters. The summed E-state index contributed by atoms with van der Waals surface area (Å²) in [5.74, 6) is 0.632. The van der Waals surface area contributed by atoms with Crippen molar-refractivity contribution in [1.29, 1.82) is 0 Å². The van der Waals surface area contributed by atoms with Gasteiger partial charge in [-0.25, -0.2) is 0 Å². The summed E-state index contributed by atoms with van der Waals surface area (Å²) in [6.45, 7) is 4.00. The first-order valence-electron chi connectivity index (χ1n) is 5.35. The Labute approximate surface area is 105 Å². The van der Waals surface area contributed by atoms with E-state index in [4.69, 9.17) is 16.3 Å². The molecule has 0 amide bonds. The maximum Gasteiger partial charge on any atom is 0.253 e. The standard InChI is InChI=1S/C11H8ClNO2.C2H6/c1-15-9-5-4-8(11(12)14)7-3-2-6-13-10(7)9;1-2/h2-6H,1H3;1-2H3. The van der Waals surface area contributed by atoms with Crippen LogP contribution in [0.4, 0.5) is 0 Å². The van der Waals surface area contributed by atoms with Crippen LogP contribution in [0, 0.1) is 0 Å². The van der Waals surface area contributed by atoms with Crippen LogP contribution in [0.3, 0.4) is 0 Å². The molecular formula is C13H14ClNO2. The van der Waals surface area contributed by atoms with Crippen molar-refractivity contribution in [2.75, 3.05) is 7.11 Å². The molecule has 0 aliphatic rings. The number of fused-ring (bicyclic) bond motifs is 1. The van der Waals surface area contributed by atoms with Gasteiger partial charge in [0.15, 0.2) is 0 Å². The lowest BCUT2D eigenvalue weighted by Gasteiger charge is -2.06. The lowest BCUT2D eigenvalue weighted by atomic mass is 10.1. The van der Waals surface area contributed by atoms with Crippen LogP contribution >= 0.6 is 11.6 Å². The zero-order valence-corrected chi connectivity index (χ0v) is 10.8. The number of nitrogens with zero attached hydrogens (tertiary/aromatic N) is 1. The smallest absolute Gasteiger partial charge is 0.253 e. The Hall–Kier alpha value is -1.61. The highest BCUT2D eigenvalue weighted by Gasteiger charge is 2.10. The van der Waals surface area contributed by atoms with Crippen LogP contribution in [0.2, 0.25) is 0 Å². The number of benzene rings is 1. The van der Waals surface area contributed by atoms with Crippen molar-refractivity contribution < 1.29 is 9.53 Å². The van der Waals surface area contributed by atoms with Crippen LogP contribution < -0.4 is 4.74 Å². The van der Waals surface area contributed by atoms with Gasteiger partial charge < -0.3 is 4.74 Å². The maximum absolute atomic E-state index is 11.2. The molecule has 17 heavy (non-hydrogen) atoms. The quantitative estimate of drug-likeness (QED) is 0.765. The van der Waals surface area contributed by atoms with Crippen molar-refractivity contribution in [2.45, 2.75) is 13.8 Å². The minimum Gasteiger partial charge on any atom is -0.494 e. The van der Waals surface area contributed by atoms with Crippen LogP contribution in [0.15, 0.2) is 30.5 Å². The van der Waals surface area contributed by atoms with E-state index in [-0.39, 0.29) is 0 Å². The zero-order valence-electron chi connectivity index (χ0n) is 10.0. The van der Waals surface area contributed by atoms with Crippen LogP contribution in [0.1, 0.15) is 24.2 Å². The van der Waals surface area contributed by atoms with E-state index < -0.39 is 5.24 Å². The molecule has 1 aromatic heterocycles. The fourth-order valence-corrected chi connectivity index (χ4v) is 1.65. The minimum absolute atomic E-state index is 0.445. The van der Waals surface area contributed by atoms with Crippen molar-refractivity contribution in [2.24, 2.45) is 0 Å². The van der Waals surface area contributed by atoms with E-state index in [1.807, 2.05) is 13.8 Å². The number of pyridine rings is 1. The molecule has 0 radical (unpaired) electrons. The summed E-state index contributed by atoms with van der Waals surface area (Å²) < 4.78 is 5.15. The van der Waals surface area contributed by atoms with Crippen LogP contribution in [-0.4, -0.2) is 17.3 Å². The summed E-state index contributed by atoms with van der Waals surface area (Å²) >= 11 is 5.47. The molecule has 0 aliphatic carbocycles. The molecular weight excluding hydrogens is 238 g/mol. The number of methoxy groups -OCH3 is 1. The molecule has 90 valence electrons. The fourth-order valence-electron chi connectivity index (χ4n) is 1.48. The van der Waals surface area contributed by atoms with Gasteiger partial charge in [0.1, 0.15) is 11.3 Å². The number of carbonyl (C=O) groups excluding carboxylic acids is 1. The Morgan fingerprint density at radius 2 is 2.00 bits per heavy atom. The average Bonchev–Trinajstić information content (AvgIpc) is 2.39. The molecule has 0 fully saturated rings. The molecule has 2 rings (SSSR count). The summed E-state index contributed by atoms with van der Waals surface area (Å²) in [4.78, 5) is 15.3. The monoisotopic (exact) mass is 251 g/mol. The molecule has 0 bridgehead atoms. The molecule has 4 heteroatoms. The minimum atomic E-state index is -0.490. The molecule has 1 aromatic carbocycles. The van der Waals surface area contributed by atoms with Gasteiger partial charge in [-0.05, 0) is 29.8 Å². The summed E-state index contributed by atoms with van der Waals surface area (Å²) in [6.07, 6.45) is 1.65. The van der Waals surface area contributed by atoms with Gasteiger partial charge >= 0.3 is 0 Å². The maximum atomic E-state index is 11.2. The number of aromatic nitrogens is 1. The highest BCUT2D eigenvalue weighted by molar-refractivity contribution is 6.68. The highest BCUT2D eigenvalue weighted by Crippen LogP contribution is 2.27. The first kappa shape index (κ1) is 13.5. The zero-order chi connectivity index (χ0) is 12.8. The molecule has 0 spiro atoms. The normalized spacial score (nSPS) is 9.41. The highest BCUT2D eigenvalue weighted by atomic mass is 35.5. The number of halogens is 1. The number of hydrogen-bond acceptors (Lipinski definition) is 3. The average molecular weight is 252 g/mol. The molecule has 1 heterocycles. The van der Waals surface area contributed by atoms with Crippen LogP contribution in [-0.2, 0) is 0 Å². The third-order valence-electron chi connectivity index (χ3n) is 2.16. The van der Waals surface area contributed by atoms with Crippen LogP contribution in [0.5, 0.6) is 5.75 Å². The molecule has 2 aromatic rings. The van der Waals surface area contributed by atoms with Crippen molar-refractivity contribution >= 4 is 27.7 Å². The second-order valence-electron chi connectivity index (χ2n) is 2.99. The van der Waals surface area contributed by atoms with Crippen molar-refractivity contribution in [3.63, 3.8) is 0 Å². The largest absolute Gasteiger partial charge is 0.494 e. The molecule has 0 aliphatic heterocycles. The first-order valence-corrected chi connectivity index (χ1v) is 5.73. The Kier molecular flexibility index (Phi) is 4.91. The van der Waals surface area contributed by atoms with E-state index in [2.05, 4.69) is 4.98 Å². The second-order valence-corrected chi connectivity index (χ2v) is 3.33. The Morgan fingerprint density at radius 1 is 1.29 bits per heavy atom. The van der Waals surface area contributed by atoms with E-state index in [9.17, 15) is 4.79 Å². The van der Waals surface area contributed by atoms with Gasteiger partial charge in [0.05, 0.1) is 7.11 Å². The SMILES string of the molecule is CC.COc1ccc(C(=O)Cl)c2cccnc12. The van der Waals surface area contributed by atoms with E-state index in [1.165, 1.54) is 0 Å². The lowest BCUT2D eigenvalue weighted by Crippen LogP contribution is -1.94. The molecule has 0 atom stereocenters. The first-order chi connectivity index (χ1) is 8.24. The molecule has 3 nitrogen and oxygen atoms in total. The van der Waals surface area contributed by atoms with Gasteiger partial charge in [0.25, 0.3) is 5.24 Å². The Morgan fingerprint density at radius 3 is 2.59 bits per heavy atom. The Bertz CT molecular complexity index is 526. The lowest BCUT2D eigenvalue weighted by molar-refractivity contribution is 0.108. The van der Waals surface area contributed by atoms with Gasteiger partial charge in [0.2, 0.25) is 0 Å². The van der Waals surface area contributed by atoms with E-state index >= 15 is 0 Å². The summed E-state index contributed by atoms with van der Waals surface area (Å²) in [5, 5.41) is 0.215. The summed E-state index contributed by atoms with van der Waals surface area (Å²) in [5.41, 5.74) is 1.09. The van der Waals surface area contributed by atoms with Crippen LogP contribution in [0.25, 0.3) is 10.9 Å². The van der Waals surface area contributed by atoms with Crippen molar-refractivity contribution in [1.82, 2.24) is 4.98 Å². The summed E-state index contributed by atoms with van der Waals surface area (Å²) in [6, 6.07) is 6.87. The third-order valence-corrected chi connectivity index (χ3v) is 2.37. The molecule has 0 N–H and O–H groups in total. The number of carbonyl (C=O) groups is 1. The van der Waals surface area contributed by atoms with E-state index in [0.29, 0.717) is 22.2 Å². The molecule has 0 saturated heterocycles. The van der Waals surface area contributed by atoms with Crippen molar-refractivity contribution in [3.8, 4) is 5.75 Å². The molecule has 0 saturated carbocycles. The predicted molar refractivity (Wildman–Crippen MR) is 69.8 cm³/mol. The second kappa shape index (κ2) is 6.21. The topological polar surface area (TPSA) is 39.2 Å². The summed E-state index contributed by atoms with van der Waals surface area (Å²) in [7, 11) is 1.56. The van der Waals surface area contributed by atoms with Gasteiger partial charge in [-0.1, -0.05) is 19.9 Å². The number of rotatable bonds is 2. The Balaban J connectivity index is 0.000000686. The van der Waals surface area contributed by atoms with E-state index in [0.717, 1.165) is 0 Å². The number of ether oxygens (including phenoxy) is 1. The van der Waals surface area contributed by atoms with E-state index in [1.54, 1.807) is 37.6 Å². The fraction of sp³-hybridized carbons (Fsp3) is 0.231. The predicted octanol–water partition coefficient (Wildman–Crippen LogP) is 3.65. The van der Waals surface area contributed by atoms with Gasteiger partial charge in [0, 0.05) is 17.1 Å². The van der Waals surface area contributed by atoms with Gasteiger partial charge in [-0.2, -0.15) is 0 Å². The number of hydrogen-bond donors (Lipinski definition) is 0. The van der Waals surface area contributed by atoms with Crippen molar-refractivity contribution in [3.05, 3.63) is 36.0 Å². The van der Waals surface area contributed by atoms with Gasteiger partial charge in [-0.15, -0.1) is 0 Å². The third kappa shape index (κ3) is 2.74. The van der Waals surface area contributed by atoms with Gasteiger partial charge in [-0.3, -0.25) is 9.78 Å².